The summed E-state index contributed by atoms with van der Waals surface area (Å²) in [4.78, 5) is 18.1. The number of aromatic nitrogens is 2. The van der Waals surface area contributed by atoms with Crippen molar-refractivity contribution in [1.29, 1.82) is 0 Å². The van der Waals surface area contributed by atoms with Gasteiger partial charge in [-0.3, -0.25) is 4.79 Å². The number of aliphatic carboxylic acids is 1. The second kappa shape index (κ2) is 5.22. The molecule has 0 saturated carbocycles. The van der Waals surface area contributed by atoms with Crippen LogP contribution in [0.15, 0.2) is 36.7 Å². The van der Waals surface area contributed by atoms with Crippen molar-refractivity contribution in [3.63, 3.8) is 0 Å². The number of carbonyl (C=O) groups is 1. The van der Waals surface area contributed by atoms with Crippen molar-refractivity contribution in [2.24, 2.45) is 0 Å². The molecule has 2 aromatic rings. The molecule has 0 radical (unpaired) electrons. The molecule has 0 spiro atoms. The average Bonchev–Trinajstić information content (AvgIpc) is 2.34. The number of ether oxygens (including phenoxy) is 1. The van der Waals surface area contributed by atoms with Gasteiger partial charge in [0, 0.05) is 0 Å². The van der Waals surface area contributed by atoms with E-state index in [9.17, 15) is 9.18 Å². The normalized spacial score (nSPS) is 10.1. The van der Waals surface area contributed by atoms with E-state index in [2.05, 4.69) is 9.97 Å². The quantitative estimate of drug-likeness (QED) is 0.896. The zero-order valence-corrected chi connectivity index (χ0v) is 9.21. The maximum Gasteiger partial charge on any atom is 0.311 e. The lowest BCUT2D eigenvalue weighted by atomic mass is 10.3. The zero-order chi connectivity index (χ0) is 13.0. The van der Waals surface area contributed by atoms with Gasteiger partial charge in [0.25, 0.3) is 0 Å². The van der Waals surface area contributed by atoms with Gasteiger partial charge in [-0.15, -0.1) is 0 Å². The molecule has 0 atom stereocenters. The third-order valence-electron chi connectivity index (χ3n) is 2.04. The molecule has 1 aromatic heterocycles. The van der Waals surface area contributed by atoms with Crippen molar-refractivity contribution in [3.05, 3.63) is 48.3 Å². The molecule has 0 aliphatic heterocycles. The molecule has 1 aromatic carbocycles. The summed E-state index contributed by atoms with van der Waals surface area (Å²) < 4.78 is 18.0. The molecular formula is C12H9FN2O3. The Balaban J connectivity index is 2.06. The van der Waals surface area contributed by atoms with Crippen molar-refractivity contribution < 1.29 is 19.0 Å². The summed E-state index contributed by atoms with van der Waals surface area (Å²) in [6.07, 6.45) is 2.50. The lowest BCUT2D eigenvalue weighted by Crippen LogP contribution is -2.04. The molecule has 0 fully saturated rings. The minimum atomic E-state index is -0.998. The Hall–Kier alpha value is -2.50. The largest absolute Gasteiger partial charge is 0.481 e. The fourth-order valence-electron chi connectivity index (χ4n) is 1.26. The number of hydrogen-bond acceptors (Lipinski definition) is 4. The molecule has 1 heterocycles. The summed E-state index contributed by atoms with van der Waals surface area (Å²) in [6, 6.07) is 5.49. The van der Waals surface area contributed by atoms with Gasteiger partial charge in [0.1, 0.15) is 23.8 Å². The van der Waals surface area contributed by atoms with E-state index in [1.54, 1.807) is 0 Å². The van der Waals surface area contributed by atoms with Crippen molar-refractivity contribution in [1.82, 2.24) is 9.97 Å². The van der Waals surface area contributed by atoms with Gasteiger partial charge in [-0.1, -0.05) is 0 Å². The van der Waals surface area contributed by atoms with Gasteiger partial charge in [0.15, 0.2) is 5.75 Å². The number of halogens is 1. The van der Waals surface area contributed by atoms with Crippen LogP contribution in [0.4, 0.5) is 4.39 Å². The van der Waals surface area contributed by atoms with E-state index in [0.29, 0.717) is 11.5 Å². The standard InChI is InChI=1S/C12H9FN2O3/c13-8-1-3-9(4-2-8)18-10-6-14-11(15-7-10)5-12(16)17/h1-4,6-7H,5H2,(H,16,17). The van der Waals surface area contributed by atoms with Crippen LogP contribution in [0.25, 0.3) is 0 Å². The molecule has 0 saturated heterocycles. The van der Waals surface area contributed by atoms with Crippen LogP contribution in [0.1, 0.15) is 5.82 Å². The molecule has 92 valence electrons. The van der Waals surface area contributed by atoms with Crippen LogP contribution in [-0.4, -0.2) is 21.0 Å². The molecular weight excluding hydrogens is 239 g/mol. The first-order valence-corrected chi connectivity index (χ1v) is 5.09. The summed E-state index contributed by atoms with van der Waals surface area (Å²) in [7, 11) is 0. The van der Waals surface area contributed by atoms with Crippen LogP contribution >= 0.6 is 0 Å². The smallest absolute Gasteiger partial charge is 0.311 e. The highest BCUT2D eigenvalue weighted by molar-refractivity contribution is 5.68. The van der Waals surface area contributed by atoms with Gasteiger partial charge in [-0.2, -0.15) is 0 Å². The molecule has 18 heavy (non-hydrogen) atoms. The first kappa shape index (κ1) is 12.0. The lowest BCUT2D eigenvalue weighted by Gasteiger charge is -2.04. The van der Waals surface area contributed by atoms with Crippen molar-refractivity contribution in [2.75, 3.05) is 0 Å². The van der Waals surface area contributed by atoms with Crippen LogP contribution in [0.5, 0.6) is 11.5 Å². The molecule has 2 rings (SSSR count). The highest BCUT2D eigenvalue weighted by Crippen LogP contribution is 2.19. The van der Waals surface area contributed by atoms with Gasteiger partial charge >= 0.3 is 5.97 Å². The number of nitrogens with zero attached hydrogens (tertiary/aromatic N) is 2. The number of benzene rings is 1. The average molecular weight is 248 g/mol. The molecule has 0 aliphatic rings. The summed E-state index contributed by atoms with van der Waals surface area (Å²) >= 11 is 0. The summed E-state index contributed by atoms with van der Waals surface area (Å²) in [5.74, 6) is -0.340. The molecule has 0 unspecified atom stereocenters. The topological polar surface area (TPSA) is 72.3 Å². The summed E-state index contributed by atoms with van der Waals surface area (Å²) in [6.45, 7) is 0. The Labute approximate surface area is 102 Å². The van der Waals surface area contributed by atoms with Gasteiger partial charge in [0.2, 0.25) is 0 Å². The van der Waals surface area contributed by atoms with Crippen LogP contribution < -0.4 is 4.74 Å². The summed E-state index contributed by atoms with van der Waals surface area (Å²) in [5, 5.41) is 8.55. The fourth-order valence-corrected chi connectivity index (χ4v) is 1.26. The van der Waals surface area contributed by atoms with Crippen LogP contribution in [0.2, 0.25) is 0 Å². The number of carboxylic acid groups (broad SMARTS) is 1. The maximum atomic E-state index is 12.7. The van der Waals surface area contributed by atoms with Crippen molar-refractivity contribution in [2.45, 2.75) is 6.42 Å². The Morgan fingerprint density at radius 2 is 1.78 bits per heavy atom. The Morgan fingerprint density at radius 3 is 2.33 bits per heavy atom. The van der Waals surface area contributed by atoms with Gasteiger partial charge in [-0.05, 0) is 24.3 Å². The Morgan fingerprint density at radius 1 is 1.17 bits per heavy atom. The highest BCUT2D eigenvalue weighted by atomic mass is 19.1. The van der Waals surface area contributed by atoms with E-state index in [0.717, 1.165) is 0 Å². The predicted molar refractivity (Wildman–Crippen MR) is 59.8 cm³/mol. The number of hydrogen-bond donors (Lipinski definition) is 1. The molecule has 5 nitrogen and oxygen atoms in total. The summed E-state index contributed by atoms with van der Waals surface area (Å²) in [5.41, 5.74) is 0. The van der Waals surface area contributed by atoms with E-state index in [4.69, 9.17) is 9.84 Å². The number of rotatable bonds is 4. The minimum Gasteiger partial charge on any atom is -0.481 e. The zero-order valence-electron chi connectivity index (χ0n) is 9.21. The minimum absolute atomic E-state index is 0.203. The first-order valence-electron chi connectivity index (χ1n) is 5.09. The van der Waals surface area contributed by atoms with Crippen LogP contribution in [0, 0.1) is 5.82 Å². The molecule has 0 aliphatic carbocycles. The number of carboxylic acids is 1. The SMILES string of the molecule is O=C(O)Cc1ncc(Oc2ccc(F)cc2)cn1. The third kappa shape index (κ3) is 3.24. The van der Waals surface area contributed by atoms with E-state index in [1.807, 2.05) is 0 Å². The second-order valence-corrected chi connectivity index (χ2v) is 3.46. The van der Waals surface area contributed by atoms with Crippen molar-refractivity contribution in [3.8, 4) is 11.5 Å². The highest BCUT2D eigenvalue weighted by Gasteiger charge is 2.04. The maximum absolute atomic E-state index is 12.7. The molecule has 1 N–H and O–H groups in total. The molecule has 6 heteroatoms. The van der Waals surface area contributed by atoms with E-state index < -0.39 is 5.97 Å². The molecule has 0 amide bonds. The van der Waals surface area contributed by atoms with E-state index in [1.165, 1.54) is 36.7 Å². The van der Waals surface area contributed by atoms with E-state index >= 15 is 0 Å². The van der Waals surface area contributed by atoms with Gasteiger partial charge in [0.05, 0.1) is 12.4 Å². The van der Waals surface area contributed by atoms with Gasteiger partial charge < -0.3 is 9.84 Å². The van der Waals surface area contributed by atoms with E-state index in [-0.39, 0.29) is 18.1 Å². The third-order valence-corrected chi connectivity index (χ3v) is 2.04. The Bertz CT molecular complexity index is 540. The Kier molecular flexibility index (Phi) is 3.47. The molecule has 0 bridgehead atoms. The van der Waals surface area contributed by atoms with Crippen LogP contribution in [-0.2, 0) is 11.2 Å². The predicted octanol–water partition coefficient (Wildman–Crippen LogP) is 2.04. The first-order chi connectivity index (χ1) is 8.63. The van der Waals surface area contributed by atoms with Crippen molar-refractivity contribution >= 4 is 5.97 Å². The second-order valence-electron chi connectivity index (χ2n) is 3.46. The van der Waals surface area contributed by atoms with Crippen LogP contribution in [0.3, 0.4) is 0 Å². The fraction of sp³-hybridized carbons (Fsp3) is 0.0833. The lowest BCUT2D eigenvalue weighted by molar-refractivity contribution is -0.136. The monoisotopic (exact) mass is 248 g/mol. The van der Waals surface area contributed by atoms with Gasteiger partial charge in [-0.25, -0.2) is 14.4 Å².